The van der Waals surface area contributed by atoms with Crippen molar-refractivity contribution in [2.24, 2.45) is 5.92 Å². The highest BCUT2D eigenvalue weighted by Crippen LogP contribution is 2.41. The maximum atomic E-state index is 12.6. The predicted octanol–water partition coefficient (Wildman–Crippen LogP) is 4.17. The lowest BCUT2D eigenvalue weighted by Crippen LogP contribution is -2.44. The summed E-state index contributed by atoms with van der Waals surface area (Å²) in [5, 5.41) is 12.4. The van der Waals surface area contributed by atoms with Crippen molar-refractivity contribution in [3.05, 3.63) is 56.8 Å². The van der Waals surface area contributed by atoms with Crippen LogP contribution in [0.2, 0.25) is 0 Å². The van der Waals surface area contributed by atoms with Crippen molar-refractivity contribution in [3.8, 4) is 27.6 Å². The molecular formula is C26H29N3O5S. The van der Waals surface area contributed by atoms with E-state index in [1.807, 2.05) is 26.1 Å². The van der Waals surface area contributed by atoms with E-state index in [-0.39, 0.29) is 11.6 Å². The number of fused-ring (bicyclic) bond motifs is 3. The van der Waals surface area contributed by atoms with Gasteiger partial charge >= 0.3 is 5.97 Å². The summed E-state index contributed by atoms with van der Waals surface area (Å²) in [6, 6.07) is 5.53. The third kappa shape index (κ3) is 4.46. The normalized spacial score (nSPS) is 15.7. The Morgan fingerprint density at radius 3 is 2.71 bits per heavy atom. The van der Waals surface area contributed by atoms with Gasteiger partial charge in [-0.1, -0.05) is 0 Å². The number of carboxylic acids is 1. The average molecular weight is 496 g/mol. The standard InChI is InChI=1S/C26H29N3O5S/c1-15(2)28-13-17-9-20(25-27-12-18(35-25)8-16-4-6-34-7-5-16)24(33-3)10-19(17)22-11-23(30)21(26(31)32)14-29(22)28/h9-12,14-16H,4-8,13H2,1-3H3,(H,31,32). The Morgan fingerprint density at radius 2 is 2.03 bits per heavy atom. The molecular weight excluding hydrogens is 466 g/mol. The van der Waals surface area contributed by atoms with Crippen molar-refractivity contribution in [1.29, 1.82) is 0 Å². The summed E-state index contributed by atoms with van der Waals surface area (Å²) < 4.78 is 13.0. The lowest BCUT2D eigenvalue weighted by Gasteiger charge is -2.38. The van der Waals surface area contributed by atoms with Crippen molar-refractivity contribution >= 4 is 17.3 Å². The van der Waals surface area contributed by atoms with Gasteiger partial charge in [0.2, 0.25) is 0 Å². The van der Waals surface area contributed by atoms with Crippen molar-refractivity contribution < 1.29 is 19.4 Å². The number of aromatic carboxylic acids is 1. The summed E-state index contributed by atoms with van der Waals surface area (Å²) in [5.41, 5.74) is 2.72. The van der Waals surface area contributed by atoms with Crippen molar-refractivity contribution in [2.75, 3.05) is 25.3 Å². The van der Waals surface area contributed by atoms with E-state index < -0.39 is 11.4 Å². The number of thiazole rings is 1. The second-order valence-corrected chi connectivity index (χ2v) is 10.5. The smallest absolute Gasteiger partial charge is 0.341 e. The first kappa shape index (κ1) is 23.6. The molecule has 0 amide bonds. The van der Waals surface area contributed by atoms with E-state index in [0.29, 0.717) is 23.9 Å². The number of carbonyl (C=O) groups is 1. The second kappa shape index (κ2) is 9.47. The highest BCUT2D eigenvalue weighted by molar-refractivity contribution is 7.15. The van der Waals surface area contributed by atoms with Crippen LogP contribution in [0.1, 0.15) is 47.5 Å². The van der Waals surface area contributed by atoms with Crippen molar-refractivity contribution in [1.82, 2.24) is 9.66 Å². The first-order chi connectivity index (χ1) is 16.9. The summed E-state index contributed by atoms with van der Waals surface area (Å²) >= 11 is 1.69. The zero-order valence-electron chi connectivity index (χ0n) is 20.1. The van der Waals surface area contributed by atoms with Gasteiger partial charge in [-0.05, 0) is 56.7 Å². The molecule has 0 aliphatic carbocycles. The quantitative estimate of drug-likeness (QED) is 0.548. The van der Waals surface area contributed by atoms with Gasteiger partial charge in [-0.25, -0.2) is 9.78 Å². The van der Waals surface area contributed by atoms with Gasteiger partial charge in [-0.3, -0.25) is 9.47 Å². The molecule has 35 heavy (non-hydrogen) atoms. The number of nitrogens with zero attached hydrogens (tertiary/aromatic N) is 3. The van der Waals surface area contributed by atoms with E-state index in [1.165, 1.54) is 17.1 Å². The van der Waals surface area contributed by atoms with Crippen LogP contribution < -0.4 is 15.2 Å². The Kier molecular flexibility index (Phi) is 6.37. The molecule has 0 radical (unpaired) electrons. The number of aromatic nitrogens is 2. The minimum atomic E-state index is -1.23. The molecule has 1 aromatic carbocycles. The molecule has 0 bridgehead atoms. The van der Waals surface area contributed by atoms with Gasteiger partial charge in [0.05, 0.1) is 24.9 Å². The Hall–Kier alpha value is -3.17. The second-order valence-electron chi connectivity index (χ2n) is 9.38. The monoisotopic (exact) mass is 495 g/mol. The Bertz CT molecular complexity index is 1320. The molecule has 3 aromatic rings. The fraction of sp³-hybridized carbons (Fsp3) is 0.423. The number of carboxylic acid groups (broad SMARTS) is 1. The number of hydrogen-bond acceptors (Lipinski definition) is 7. The van der Waals surface area contributed by atoms with E-state index in [1.54, 1.807) is 23.1 Å². The molecule has 2 aliphatic heterocycles. The molecule has 0 atom stereocenters. The van der Waals surface area contributed by atoms with Gasteiger partial charge in [0, 0.05) is 48.2 Å². The minimum Gasteiger partial charge on any atom is -0.496 e. The highest BCUT2D eigenvalue weighted by Gasteiger charge is 2.28. The van der Waals surface area contributed by atoms with Crippen LogP contribution in [0, 0.1) is 5.92 Å². The Labute approximate surface area is 207 Å². The zero-order chi connectivity index (χ0) is 24.7. The maximum absolute atomic E-state index is 12.6. The van der Waals surface area contributed by atoms with Gasteiger partial charge in [-0.2, -0.15) is 0 Å². The molecule has 0 spiro atoms. The lowest BCUT2D eigenvalue weighted by molar-refractivity contribution is 0.0667. The van der Waals surface area contributed by atoms with Crippen LogP contribution >= 0.6 is 11.3 Å². The Morgan fingerprint density at radius 1 is 1.26 bits per heavy atom. The molecule has 2 aliphatic rings. The SMILES string of the molecule is COc1cc2c(cc1-c1ncc(CC3CCOCC3)s1)CN(C(C)C)n1cc(C(=O)O)c(=O)cc1-2. The zero-order valence-corrected chi connectivity index (χ0v) is 20.9. The van der Waals surface area contributed by atoms with Gasteiger partial charge < -0.3 is 19.6 Å². The molecule has 2 aromatic heterocycles. The van der Waals surface area contributed by atoms with E-state index in [9.17, 15) is 14.7 Å². The third-order valence-electron chi connectivity index (χ3n) is 6.78. The third-order valence-corrected chi connectivity index (χ3v) is 7.84. The largest absolute Gasteiger partial charge is 0.496 e. The van der Waals surface area contributed by atoms with E-state index >= 15 is 0 Å². The molecule has 9 heteroatoms. The molecule has 8 nitrogen and oxygen atoms in total. The van der Waals surface area contributed by atoms with Crippen molar-refractivity contribution in [2.45, 2.75) is 45.7 Å². The van der Waals surface area contributed by atoms with Crippen LogP contribution in [-0.2, 0) is 17.7 Å². The molecule has 1 saturated heterocycles. The summed E-state index contributed by atoms with van der Waals surface area (Å²) in [7, 11) is 1.63. The highest BCUT2D eigenvalue weighted by atomic mass is 32.1. The van der Waals surface area contributed by atoms with Crippen LogP contribution in [0.25, 0.3) is 21.8 Å². The molecule has 184 valence electrons. The number of hydrogen-bond donors (Lipinski definition) is 1. The van der Waals surface area contributed by atoms with Gasteiger partial charge in [0.1, 0.15) is 16.3 Å². The first-order valence-electron chi connectivity index (χ1n) is 11.9. The fourth-order valence-corrected chi connectivity index (χ4v) is 5.92. The van der Waals surface area contributed by atoms with Gasteiger partial charge in [0.15, 0.2) is 5.43 Å². The first-order valence-corrected chi connectivity index (χ1v) is 12.7. The molecule has 0 unspecified atom stereocenters. The maximum Gasteiger partial charge on any atom is 0.341 e. The fourth-order valence-electron chi connectivity index (χ4n) is 4.87. The number of rotatable bonds is 6. The Balaban J connectivity index is 1.56. The summed E-state index contributed by atoms with van der Waals surface area (Å²) in [5.74, 6) is 0.0793. The molecule has 1 N–H and O–H groups in total. The lowest BCUT2D eigenvalue weighted by atomic mass is 9.96. The van der Waals surface area contributed by atoms with E-state index in [2.05, 4.69) is 11.1 Å². The molecule has 0 saturated carbocycles. The van der Waals surface area contributed by atoms with Crippen molar-refractivity contribution in [3.63, 3.8) is 0 Å². The summed E-state index contributed by atoms with van der Waals surface area (Å²) in [4.78, 5) is 30.1. The van der Waals surface area contributed by atoms with E-state index in [4.69, 9.17) is 14.5 Å². The summed E-state index contributed by atoms with van der Waals surface area (Å²) in [6.07, 6.45) is 6.58. The van der Waals surface area contributed by atoms with Crippen LogP contribution in [0.15, 0.2) is 35.4 Å². The average Bonchev–Trinajstić information content (AvgIpc) is 3.30. The van der Waals surface area contributed by atoms with Crippen LogP contribution in [0.3, 0.4) is 0 Å². The topological polar surface area (TPSA) is 93.9 Å². The summed E-state index contributed by atoms with van der Waals surface area (Å²) in [6.45, 7) is 6.32. The van der Waals surface area contributed by atoms with Crippen LogP contribution in [0.4, 0.5) is 0 Å². The van der Waals surface area contributed by atoms with Gasteiger partial charge in [0.25, 0.3) is 0 Å². The minimum absolute atomic E-state index is 0.0857. The van der Waals surface area contributed by atoms with E-state index in [0.717, 1.165) is 54.2 Å². The van der Waals surface area contributed by atoms with Gasteiger partial charge in [-0.15, -0.1) is 11.3 Å². The molecule has 4 heterocycles. The molecule has 5 rings (SSSR count). The number of methoxy groups -OCH3 is 1. The number of benzene rings is 1. The number of pyridine rings is 1. The predicted molar refractivity (Wildman–Crippen MR) is 135 cm³/mol. The van der Waals surface area contributed by atoms with Crippen LogP contribution in [0.5, 0.6) is 5.75 Å². The molecule has 1 fully saturated rings. The van der Waals surface area contributed by atoms with Crippen LogP contribution in [-0.4, -0.2) is 47.1 Å². The number of ether oxygens (including phenoxy) is 2.